The molecule has 3 rings (SSSR count). The predicted octanol–water partition coefficient (Wildman–Crippen LogP) is 2.90. The number of alkyl halides is 3. The monoisotopic (exact) mass is 568 g/mol. The molecule has 2 aromatic heterocycles. The third kappa shape index (κ3) is 8.02. The number of hydrogen-bond acceptors (Lipinski definition) is 8. The van der Waals surface area contributed by atoms with E-state index in [0.717, 1.165) is 0 Å². The van der Waals surface area contributed by atoms with Crippen LogP contribution >= 0.6 is 0 Å². The maximum Gasteiger partial charge on any atom is 0.418 e. The normalized spacial score (nSPS) is 13.2. The summed E-state index contributed by atoms with van der Waals surface area (Å²) in [5, 5.41) is 21.4. The van der Waals surface area contributed by atoms with Gasteiger partial charge in [0, 0.05) is 30.1 Å². The van der Waals surface area contributed by atoms with Crippen LogP contribution in [0.25, 0.3) is 0 Å². The summed E-state index contributed by atoms with van der Waals surface area (Å²) in [6, 6.07) is 7.94. The van der Waals surface area contributed by atoms with Crippen molar-refractivity contribution in [1.29, 1.82) is 0 Å². The largest absolute Gasteiger partial charge is 0.418 e. The lowest BCUT2D eigenvalue weighted by atomic mass is 10.0. The van der Waals surface area contributed by atoms with Crippen LogP contribution in [0.3, 0.4) is 0 Å². The molecule has 41 heavy (non-hydrogen) atoms. The number of hydrogen-bond donors (Lipinski definition) is 4. The van der Waals surface area contributed by atoms with Crippen molar-refractivity contribution < 1.29 is 27.9 Å². The highest BCUT2D eigenvalue weighted by molar-refractivity contribution is 6.18. The number of aromatic nitrogens is 3. The van der Waals surface area contributed by atoms with E-state index in [1.165, 1.54) is 31.6 Å². The molecule has 0 unspecified atom stereocenters. The van der Waals surface area contributed by atoms with Crippen LogP contribution in [0.2, 0.25) is 0 Å². The molecule has 1 aromatic carbocycles. The topological polar surface area (TPSA) is 168 Å². The first-order valence-electron chi connectivity index (χ1n) is 12.1. The zero-order valence-corrected chi connectivity index (χ0v) is 22.3. The van der Waals surface area contributed by atoms with Crippen molar-refractivity contribution >= 4 is 29.0 Å². The van der Waals surface area contributed by atoms with Crippen LogP contribution in [0.4, 0.5) is 18.9 Å². The average molecular weight is 569 g/mol. The lowest BCUT2D eigenvalue weighted by molar-refractivity contribution is -0.137. The fraction of sp³-hybridized carbons (Fsp3) is 0.222. The van der Waals surface area contributed by atoms with Gasteiger partial charge in [0.05, 0.1) is 30.1 Å². The van der Waals surface area contributed by atoms with E-state index in [4.69, 9.17) is 5.73 Å². The van der Waals surface area contributed by atoms with Gasteiger partial charge < -0.3 is 21.5 Å². The Morgan fingerprint density at radius 1 is 1.15 bits per heavy atom. The van der Waals surface area contributed by atoms with Crippen molar-refractivity contribution in [2.75, 3.05) is 19.0 Å². The lowest BCUT2D eigenvalue weighted by Gasteiger charge is -2.13. The number of rotatable bonds is 8. The van der Waals surface area contributed by atoms with E-state index < -0.39 is 35.3 Å². The van der Waals surface area contributed by atoms with Crippen LogP contribution < -0.4 is 16.4 Å². The number of aliphatic hydroxyl groups is 1. The summed E-state index contributed by atoms with van der Waals surface area (Å²) in [5.41, 5.74) is 6.40. The van der Waals surface area contributed by atoms with Gasteiger partial charge in [-0.2, -0.15) is 18.3 Å². The minimum Gasteiger partial charge on any atom is -0.405 e. The summed E-state index contributed by atoms with van der Waals surface area (Å²) in [5.74, 6) is -1.15. The molecule has 14 heteroatoms. The second kappa shape index (κ2) is 13.4. The first-order chi connectivity index (χ1) is 19.5. The lowest BCUT2D eigenvalue weighted by Crippen LogP contribution is -2.20. The number of nitrogens with zero attached hydrogens (tertiary/aromatic N) is 5. The SMILES string of the molecule is CNC(=O)c1cc(C(=N[C@H](C)CO)N=C(/C=C/N)c2cc(NC(=O)c3cc(C(F)(F)F)cnn3)ccc2C)ccn1. The Kier molecular flexibility index (Phi) is 9.98. The fourth-order valence-electron chi connectivity index (χ4n) is 3.44. The number of nitrogens with two attached hydrogens (primary N) is 1. The predicted molar refractivity (Wildman–Crippen MR) is 147 cm³/mol. The van der Waals surface area contributed by atoms with Gasteiger partial charge in [0.15, 0.2) is 11.5 Å². The maximum atomic E-state index is 13.0. The van der Waals surface area contributed by atoms with Gasteiger partial charge in [-0.3, -0.25) is 19.6 Å². The quantitative estimate of drug-likeness (QED) is 0.239. The van der Waals surface area contributed by atoms with Gasteiger partial charge >= 0.3 is 6.18 Å². The van der Waals surface area contributed by atoms with Gasteiger partial charge in [-0.05, 0) is 62.0 Å². The first kappa shape index (κ1) is 30.6. The molecule has 2 heterocycles. The van der Waals surface area contributed by atoms with Crippen LogP contribution in [0, 0.1) is 6.92 Å². The number of halogens is 3. The zero-order chi connectivity index (χ0) is 30.2. The van der Waals surface area contributed by atoms with Gasteiger partial charge in [0.25, 0.3) is 11.8 Å². The highest BCUT2D eigenvalue weighted by Crippen LogP contribution is 2.28. The molecule has 0 aliphatic carbocycles. The summed E-state index contributed by atoms with van der Waals surface area (Å²) in [7, 11) is 1.47. The third-order valence-electron chi connectivity index (χ3n) is 5.55. The molecule has 0 radical (unpaired) electrons. The number of benzene rings is 1. The number of amides is 2. The van der Waals surface area contributed by atoms with Gasteiger partial charge in [-0.15, -0.1) is 5.10 Å². The molecule has 11 nitrogen and oxygen atoms in total. The highest BCUT2D eigenvalue weighted by atomic mass is 19.4. The number of carbonyl (C=O) groups excluding carboxylic acids is 2. The van der Waals surface area contributed by atoms with E-state index in [9.17, 15) is 27.9 Å². The summed E-state index contributed by atoms with van der Waals surface area (Å²) in [6.45, 7) is 3.18. The standard InChI is InChI=1S/C27H27F3N8O3/c1-15-4-5-19(36-26(41)23-11-18(13-34-38-23)27(28,29)30)12-20(15)21(6-8-31)37-24(35-16(2)14-39)17-7-9-33-22(10-17)25(40)32-3/h4-13,16,39H,14,31H2,1-3H3,(H,32,40)(H,36,41)/b8-6+,35-24?,37-21?/t16-/m1/s1. The molecule has 3 aromatic rings. The number of pyridine rings is 1. The van der Waals surface area contributed by atoms with Crippen LogP contribution in [0.1, 0.15) is 50.2 Å². The van der Waals surface area contributed by atoms with E-state index in [0.29, 0.717) is 34.7 Å². The summed E-state index contributed by atoms with van der Waals surface area (Å²) in [4.78, 5) is 38.0. The van der Waals surface area contributed by atoms with Crippen LogP contribution in [-0.2, 0) is 6.18 Å². The summed E-state index contributed by atoms with van der Waals surface area (Å²) >= 11 is 0. The number of amidine groups is 1. The van der Waals surface area contributed by atoms with Crippen molar-refractivity contribution in [2.24, 2.45) is 15.7 Å². The zero-order valence-electron chi connectivity index (χ0n) is 22.3. The van der Waals surface area contributed by atoms with Crippen molar-refractivity contribution in [1.82, 2.24) is 20.5 Å². The Morgan fingerprint density at radius 3 is 2.56 bits per heavy atom. The van der Waals surface area contributed by atoms with Crippen molar-refractivity contribution in [3.63, 3.8) is 0 Å². The molecule has 0 bridgehead atoms. The maximum absolute atomic E-state index is 13.0. The van der Waals surface area contributed by atoms with Crippen molar-refractivity contribution in [3.8, 4) is 0 Å². The van der Waals surface area contributed by atoms with E-state index in [1.807, 2.05) is 0 Å². The van der Waals surface area contributed by atoms with Gasteiger partial charge in [0.2, 0.25) is 0 Å². The molecule has 0 saturated carbocycles. The second-order valence-corrected chi connectivity index (χ2v) is 8.66. The van der Waals surface area contributed by atoms with Crippen LogP contribution in [-0.4, -0.2) is 63.3 Å². The Morgan fingerprint density at radius 2 is 1.90 bits per heavy atom. The Bertz CT molecular complexity index is 1520. The number of aliphatic imine (C=N–C) groups is 2. The number of anilines is 1. The summed E-state index contributed by atoms with van der Waals surface area (Å²) in [6.07, 6.45) is -0.000870. The molecule has 0 aliphatic rings. The minimum atomic E-state index is -4.69. The number of carbonyl (C=O) groups is 2. The second-order valence-electron chi connectivity index (χ2n) is 8.66. The van der Waals surface area contributed by atoms with E-state index in [-0.39, 0.29) is 23.8 Å². The van der Waals surface area contributed by atoms with Crippen molar-refractivity contribution in [2.45, 2.75) is 26.1 Å². The highest BCUT2D eigenvalue weighted by Gasteiger charge is 2.32. The number of aliphatic hydroxyl groups excluding tert-OH is 1. The molecule has 0 spiro atoms. The molecule has 0 saturated heterocycles. The van der Waals surface area contributed by atoms with E-state index in [1.54, 1.807) is 38.1 Å². The third-order valence-corrected chi connectivity index (χ3v) is 5.55. The molecule has 5 N–H and O–H groups in total. The minimum absolute atomic E-state index is 0.124. The molecule has 0 aliphatic heterocycles. The molecular formula is C27H27F3N8O3. The number of allylic oxidation sites excluding steroid dienone is 1. The summed E-state index contributed by atoms with van der Waals surface area (Å²) < 4.78 is 39.1. The van der Waals surface area contributed by atoms with Gasteiger partial charge in [0.1, 0.15) is 5.69 Å². The number of nitrogens with one attached hydrogen (secondary N) is 2. The first-order valence-corrected chi connectivity index (χ1v) is 12.1. The molecular weight excluding hydrogens is 541 g/mol. The number of aryl methyl sites for hydroxylation is 1. The van der Waals surface area contributed by atoms with Crippen molar-refractivity contribution in [3.05, 3.63) is 94.7 Å². The molecule has 2 amide bonds. The Hall–Kier alpha value is -4.98. The molecule has 0 fully saturated rings. The molecule has 214 valence electrons. The van der Waals surface area contributed by atoms with Gasteiger partial charge in [-0.1, -0.05) is 6.07 Å². The van der Waals surface area contributed by atoms with E-state index >= 15 is 0 Å². The average Bonchev–Trinajstić information content (AvgIpc) is 2.96. The van der Waals surface area contributed by atoms with E-state index in [2.05, 4.69) is 35.8 Å². The Labute approximate surface area is 233 Å². The Balaban J connectivity index is 2.05. The van der Waals surface area contributed by atoms with Crippen LogP contribution in [0.5, 0.6) is 0 Å². The van der Waals surface area contributed by atoms with Crippen LogP contribution in [0.15, 0.2) is 71.1 Å². The molecule has 1 atom stereocenters. The smallest absolute Gasteiger partial charge is 0.405 e. The van der Waals surface area contributed by atoms with Gasteiger partial charge in [-0.25, -0.2) is 4.99 Å². The fourth-order valence-corrected chi connectivity index (χ4v) is 3.44.